The normalized spacial score (nSPS) is 17.2. The monoisotopic (exact) mass is 378 g/mol. The molecular formula is C23H30N4O. The summed E-state index contributed by atoms with van der Waals surface area (Å²) < 4.78 is 5.29. The molecule has 0 saturated heterocycles. The van der Waals surface area contributed by atoms with Crippen LogP contribution in [0.2, 0.25) is 0 Å². The zero-order valence-corrected chi connectivity index (χ0v) is 16.9. The van der Waals surface area contributed by atoms with Gasteiger partial charge in [0.1, 0.15) is 17.8 Å². The van der Waals surface area contributed by atoms with Crippen LogP contribution in [0.4, 0.5) is 5.69 Å². The maximum absolute atomic E-state index is 5.29. The highest BCUT2D eigenvalue weighted by Gasteiger charge is 2.21. The molecule has 5 nitrogen and oxygen atoms in total. The molecule has 0 radical (unpaired) electrons. The van der Waals surface area contributed by atoms with Gasteiger partial charge in [-0.1, -0.05) is 56.3 Å². The molecule has 0 saturated carbocycles. The van der Waals surface area contributed by atoms with Gasteiger partial charge in [0.25, 0.3) is 0 Å². The van der Waals surface area contributed by atoms with Gasteiger partial charge >= 0.3 is 0 Å². The maximum atomic E-state index is 5.29. The van der Waals surface area contributed by atoms with Gasteiger partial charge in [0.2, 0.25) is 0 Å². The van der Waals surface area contributed by atoms with E-state index in [9.17, 15) is 0 Å². The van der Waals surface area contributed by atoms with Gasteiger partial charge in [0.05, 0.1) is 6.61 Å². The first kappa shape index (κ1) is 20.0. The number of benzene rings is 2. The number of anilines is 1. The number of methoxy groups -OCH3 is 1. The van der Waals surface area contributed by atoms with Crippen LogP contribution >= 0.6 is 0 Å². The molecule has 148 valence electrons. The molecule has 0 aromatic heterocycles. The number of rotatable bonds is 8. The van der Waals surface area contributed by atoms with Crippen molar-refractivity contribution in [3.63, 3.8) is 0 Å². The summed E-state index contributed by atoms with van der Waals surface area (Å²) in [5.74, 6) is 2.12. The summed E-state index contributed by atoms with van der Waals surface area (Å²) in [7, 11) is 1.73. The lowest BCUT2D eigenvalue weighted by Crippen LogP contribution is -2.36. The average Bonchev–Trinajstić information content (AvgIpc) is 2.72. The summed E-state index contributed by atoms with van der Waals surface area (Å²) in [6, 6.07) is 18.6. The highest BCUT2D eigenvalue weighted by atomic mass is 16.5. The lowest BCUT2D eigenvalue weighted by molar-refractivity contribution is 0.175. The molecule has 1 heterocycles. The number of fused-ring (bicyclic) bond motifs is 1. The maximum Gasteiger partial charge on any atom is 0.147 e. The average molecular weight is 379 g/mol. The molecule has 0 bridgehead atoms. The van der Waals surface area contributed by atoms with Crippen molar-refractivity contribution in [2.75, 3.05) is 25.6 Å². The van der Waals surface area contributed by atoms with E-state index in [2.05, 4.69) is 60.1 Å². The van der Waals surface area contributed by atoms with Crippen molar-refractivity contribution in [1.82, 2.24) is 10.6 Å². The molecule has 2 aromatic rings. The lowest BCUT2D eigenvalue weighted by Gasteiger charge is -2.27. The molecule has 5 heteroatoms. The van der Waals surface area contributed by atoms with Crippen molar-refractivity contribution in [3.05, 3.63) is 77.6 Å². The van der Waals surface area contributed by atoms with E-state index >= 15 is 0 Å². The Morgan fingerprint density at radius 3 is 2.68 bits per heavy atom. The van der Waals surface area contributed by atoms with Crippen LogP contribution < -0.4 is 16.0 Å². The molecule has 28 heavy (non-hydrogen) atoms. The van der Waals surface area contributed by atoms with Gasteiger partial charge in [0.15, 0.2) is 0 Å². The fourth-order valence-electron chi connectivity index (χ4n) is 3.21. The van der Waals surface area contributed by atoms with Crippen molar-refractivity contribution in [2.24, 2.45) is 10.9 Å². The molecule has 1 aliphatic rings. The molecule has 0 fully saturated rings. The van der Waals surface area contributed by atoms with Gasteiger partial charge in [-0.05, 0) is 30.2 Å². The second-order valence-electron chi connectivity index (χ2n) is 7.05. The van der Waals surface area contributed by atoms with Gasteiger partial charge in [-0.2, -0.15) is 0 Å². The van der Waals surface area contributed by atoms with Crippen molar-refractivity contribution < 1.29 is 4.74 Å². The summed E-state index contributed by atoms with van der Waals surface area (Å²) in [5, 5.41) is 10.6. The number of aliphatic imine (C=N–C) groups is 1. The largest absolute Gasteiger partial charge is 0.384 e. The van der Waals surface area contributed by atoms with Crippen LogP contribution in [0.1, 0.15) is 37.6 Å². The predicted molar refractivity (Wildman–Crippen MR) is 116 cm³/mol. The molecular weight excluding hydrogens is 348 g/mol. The molecule has 2 atom stereocenters. The molecule has 2 aromatic carbocycles. The summed E-state index contributed by atoms with van der Waals surface area (Å²) in [6.45, 7) is 5.87. The Morgan fingerprint density at radius 1 is 1.18 bits per heavy atom. The predicted octanol–water partition coefficient (Wildman–Crippen LogP) is 4.27. The third kappa shape index (κ3) is 5.14. The highest BCUT2D eigenvalue weighted by Crippen LogP contribution is 2.29. The molecule has 3 rings (SSSR count). The fraction of sp³-hybridized carbons (Fsp3) is 0.348. The van der Waals surface area contributed by atoms with Crippen LogP contribution in [0.3, 0.4) is 0 Å². The number of hydrogen-bond donors (Lipinski definition) is 3. The Balaban J connectivity index is 1.91. The van der Waals surface area contributed by atoms with Crippen LogP contribution in [-0.2, 0) is 4.74 Å². The molecule has 0 aliphatic carbocycles. The van der Waals surface area contributed by atoms with Gasteiger partial charge in [-0.3, -0.25) is 0 Å². The second-order valence-corrected chi connectivity index (χ2v) is 7.05. The summed E-state index contributed by atoms with van der Waals surface area (Å²) in [4.78, 5) is 4.98. The summed E-state index contributed by atoms with van der Waals surface area (Å²) >= 11 is 0. The molecule has 0 spiro atoms. The minimum Gasteiger partial charge on any atom is -0.384 e. The minimum absolute atomic E-state index is 0.123. The van der Waals surface area contributed by atoms with E-state index in [0.717, 1.165) is 41.4 Å². The van der Waals surface area contributed by atoms with E-state index in [1.807, 2.05) is 30.3 Å². The standard InChI is InChI=1S/C23H30N4O/c1-4-14-24-21(15-17(2)16-28-3)26-23-19-12-8-9-13-20(19)25-22(27-23)18-10-6-5-7-11-18/h5-13,15,17,22,24-25H,4,14,16H2,1-3H3,(H,26,27)/b21-15+. The van der Waals surface area contributed by atoms with Gasteiger partial charge in [0, 0.05) is 30.8 Å². The van der Waals surface area contributed by atoms with Crippen LogP contribution in [-0.4, -0.2) is 26.1 Å². The first-order valence-electron chi connectivity index (χ1n) is 9.91. The van der Waals surface area contributed by atoms with Crippen molar-refractivity contribution in [2.45, 2.75) is 26.4 Å². The Bertz CT molecular complexity index is 816. The van der Waals surface area contributed by atoms with E-state index in [1.165, 1.54) is 0 Å². The third-order valence-electron chi connectivity index (χ3n) is 4.55. The summed E-state index contributed by atoms with van der Waals surface area (Å²) in [5.41, 5.74) is 3.28. The van der Waals surface area contributed by atoms with Gasteiger partial charge < -0.3 is 20.7 Å². The first-order chi connectivity index (χ1) is 13.7. The summed E-state index contributed by atoms with van der Waals surface area (Å²) in [6.07, 6.45) is 3.10. The number of hydrogen-bond acceptors (Lipinski definition) is 5. The van der Waals surface area contributed by atoms with Crippen LogP contribution in [0.15, 0.2) is 71.5 Å². The Labute approximate surface area is 167 Å². The van der Waals surface area contributed by atoms with Crippen molar-refractivity contribution in [1.29, 1.82) is 0 Å². The van der Waals surface area contributed by atoms with Gasteiger partial charge in [-0.25, -0.2) is 4.99 Å². The number of nitrogens with zero attached hydrogens (tertiary/aromatic N) is 1. The Morgan fingerprint density at radius 2 is 1.93 bits per heavy atom. The second kappa shape index (κ2) is 9.95. The number of para-hydroxylation sites is 1. The topological polar surface area (TPSA) is 57.7 Å². The smallest absolute Gasteiger partial charge is 0.147 e. The Kier molecular flexibility index (Phi) is 7.09. The van der Waals surface area contributed by atoms with E-state index < -0.39 is 0 Å². The molecule has 0 amide bonds. The van der Waals surface area contributed by atoms with Crippen molar-refractivity contribution >= 4 is 11.5 Å². The number of nitrogens with one attached hydrogen (secondary N) is 3. The molecule has 1 aliphatic heterocycles. The van der Waals surface area contributed by atoms with Gasteiger partial charge in [-0.15, -0.1) is 0 Å². The molecule has 2 unspecified atom stereocenters. The fourth-order valence-corrected chi connectivity index (χ4v) is 3.21. The Hall–Kier alpha value is -2.79. The van der Waals surface area contributed by atoms with Crippen molar-refractivity contribution in [3.8, 4) is 0 Å². The highest BCUT2D eigenvalue weighted by molar-refractivity contribution is 6.05. The third-order valence-corrected chi connectivity index (χ3v) is 4.55. The number of amidine groups is 1. The van der Waals surface area contributed by atoms with Crippen LogP contribution in [0.25, 0.3) is 0 Å². The van der Waals surface area contributed by atoms with E-state index in [-0.39, 0.29) is 6.17 Å². The van der Waals surface area contributed by atoms with Crippen LogP contribution in [0, 0.1) is 5.92 Å². The van der Waals surface area contributed by atoms with Crippen LogP contribution in [0.5, 0.6) is 0 Å². The minimum atomic E-state index is -0.123. The molecule has 3 N–H and O–H groups in total. The SMILES string of the molecule is CCCN/C(=C\C(C)COC)NC1=NC(c2ccccc2)Nc2ccccc21. The van der Waals surface area contributed by atoms with E-state index in [0.29, 0.717) is 12.5 Å². The number of ether oxygens (including phenoxy) is 1. The lowest BCUT2D eigenvalue weighted by atomic mass is 10.1. The van der Waals surface area contributed by atoms with E-state index in [1.54, 1.807) is 7.11 Å². The van der Waals surface area contributed by atoms with E-state index in [4.69, 9.17) is 9.73 Å². The first-order valence-corrected chi connectivity index (χ1v) is 9.91. The zero-order chi connectivity index (χ0) is 19.8. The zero-order valence-electron chi connectivity index (χ0n) is 16.9. The quantitative estimate of drug-likeness (QED) is 0.642.